The molecular weight excluding hydrogens is 362 g/mol. The van der Waals surface area contributed by atoms with E-state index >= 15 is 0 Å². The highest BCUT2D eigenvalue weighted by Gasteiger charge is 2.27. The zero-order valence-corrected chi connectivity index (χ0v) is 16.5. The van der Waals surface area contributed by atoms with Gasteiger partial charge in [-0.15, -0.1) is 0 Å². The van der Waals surface area contributed by atoms with Crippen LogP contribution in [0.3, 0.4) is 0 Å². The molecule has 0 radical (unpaired) electrons. The molecule has 0 amide bonds. The van der Waals surface area contributed by atoms with Gasteiger partial charge in [0.1, 0.15) is 11.9 Å². The van der Waals surface area contributed by atoms with Crippen LogP contribution in [0.1, 0.15) is 36.1 Å². The molecule has 0 saturated carbocycles. The molecule has 0 fully saturated rings. The van der Waals surface area contributed by atoms with Crippen molar-refractivity contribution in [1.82, 2.24) is 0 Å². The Morgan fingerprint density at radius 3 is 2.24 bits per heavy atom. The van der Waals surface area contributed by atoms with Crippen LogP contribution in [-0.4, -0.2) is 18.6 Å². The van der Waals surface area contributed by atoms with Crippen molar-refractivity contribution in [1.29, 1.82) is 0 Å². The SMILES string of the molecule is CCOC(=O)CC1Cc2cccc(OC(c3ccccc3)c3ccccc3)c2N1. The number of esters is 1. The molecule has 0 saturated heterocycles. The van der Waals surface area contributed by atoms with Gasteiger partial charge in [-0.05, 0) is 36.1 Å². The minimum absolute atomic E-state index is 0.0284. The van der Waals surface area contributed by atoms with Gasteiger partial charge in [0.15, 0.2) is 0 Å². The third-order valence-corrected chi connectivity index (χ3v) is 5.10. The second-order valence-electron chi connectivity index (χ2n) is 7.16. The minimum Gasteiger partial charge on any atom is -0.479 e. The molecule has 1 N–H and O–H groups in total. The predicted molar refractivity (Wildman–Crippen MR) is 114 cm³/mol. The molecule has 29 heavy (non-hydrogen) atoms. The van der Waals surface area contributed by atoms with Crippen molar-refractivity contribution < 1.29 is 14.3 Å². The first-order valence-electron chi connectivity index (χ1n) is 10.0. The molecule has 1 heterocycles. The fourth-order valence-electron chi connectivity index (χ4n) is 3.78. The highest BCUT2D eigenvalue weighted by Crippen LogP contribution is 2.39. The smallest absolute Gasteiger partial charge is 0.307 e. The van der Waals surface area contributed by atoms with Crippen LogP contribution in [-0.2, 0) is 16.0 Å². The summed E-state index contributed by atoms with van der Waals surface area (Å²) in [6.07, 6.45) is 0.921. The van der Waals surface area contributed by atoms with Gasteiger partial charge in [0.2, 0.25) is 0 Å². The maximum atomic E-state index is 11.9. The first kappa shape index (κ1) is 19.1. The van der Waals surface area contributed by atoms with Crippen molar-refractivity contribution >= 4 is 11.7 Å². The molecule has 0 aliphatic carbocycles. The highest BCUT2D eigenvalue weighted by atomic mass is 16.5. The van der Waals surface area contributed by atoms with Gasteiger partial charge in [0.25, 0.3) is 0 Å². The molecular formula is C25H25NO3. The number of carbonyl (C=O) groups excluding carboxylic acids is 1. The first-order valence-corrected chi connectivity index (χ1v) is 10.0. The molecule has 0 aromatic heterocycles. The van der Waals surface area contributed by atoms with Crippen LogP contribution >= 0.6 is 0 Å². The van der Waals surface area contributed by atoms with Crippen LogP contribution in [0.2, 0.25) is 0 Å². The summed E-state index contributed by atoms with van der Waals surface area (Å²) in [6, 6.07) is 26.5. The summed E-state index contributed by atoms with van der Waals surface area (Å²) >= 11 is 0. The van der Waals surface area contributed by atoms with E-state index in [0.29, 0.717) is 13.0 Å². The standard InChI is InChI=1S/C25H25NO3/c1-2-28-23(27)17-21-16-20-14-9-15-22(24(20)26-21)29-25(18-10-5-3-6-11-18)19-12-7-4-8-13-19/h3-15,21,25-26H,2,16-17H2,1H3. The van der Waals surface area contributed by atoms with Gasteiger partial charge in [-0.2, -0.15) is 0 Å². The monoisotopic (exact) mass is 387 g/mol. The van der Waals surface area contributed by atoms with Crippen LogP contribution in [0.25, 0.3) is 0 Å². The molecule has 1 atom stereocenters. The molecule has 3 aromatic carbocycles. The van der Waals surface area contributed by atoms with E-state index in [0.717, 1.165) is 34.5 Å². The average molecular weight is 387 g/mol. The molecule has 1 aliphatic rings. The Morgan fingerprint density at radius 2 is 1.62 bits per heavy atom. The summed E-state index contributed by atoms with van der Waals surface area (Å²) in [5.41, 5.74) is 4.32. The maximum absolute atomic E-state index is 11.9. The normalized spacial score (nSPS) is 14.9. The third-order valence-electron chi connectivity index (χ3n) is 5.10. The molecule has 148 valence electrons. The third kappa shape index (κ3) is 4.43. The zero-order chi connectivity index (χ0) is 20.1. The molecule has 4 rings (SSSR count). The van der Waals surface area contributed by atoms with E-state index in [-0.39, 0.29) is 18.1 Å². The predicted octanol–water partition coefficient (Wildman–Crippen LogP) is 5.14. The molecule has 3 aromatic rings. The fraction of sp³-hybridized carbons (Fsp3) is 0.240. The molecule has 1 aliphatic heterocycles. The number of fused-ring (bicyclic) bond motifs is 1. The quantitative estimate of drug-likeness (QED) is 0.570. The van der Waals surface area contributed by atoms with E-state index in [1.165, 1.54) is 0 Å². The van der Waals surface area contributed by atoms with Gasteiger partial charge in [-0.1, -0.05) is 72.8 Å². The summed E-state index contributed by atoms with van der Waals surface area (Å²) in [5, 5.41) is 3.47. The zero-order valence-electron chi connectivity index (χ0n) is 16.5. The van der Waals surface area contributed by atoms with Gasteiger partial charge in [0, 0.05) is 6.04 Å². The van der Waals surface area contributed by atoms with Crippen molar-refractivity contribution in [3.8, 4) is 5.75 Å². The molecule has 4 heteroatoms. The Balaban J connectivity index is 1.59. The van der Waals surface area contributed by atoms with Gasteiger partial charge >= 0.3 is 5.97 Å². The van der Waals surface area contributed by atoms with Gasteiger partial charge in [-0.3, -0.25) is 4.79 Å². The van der Waals surface area contributed by atoms with E-state index < -0.39 is 0 Å². The highest BCUT2D eigenvalue weighted by molar-refractivity contribution is 5.73. The number of hydrogen-bond donors (Lipinski definition) is 1. The second kappa shape index (κ2) is 8.82. The van der Waals surface area contributed by atoms with E-state index in [4.69, 9.17) is 9.47 Å². The van der Waals surface area contributed by atoms with Gasteiger partial charge in [-0.25, -0.2) is 0 Å². The Bertz CT molecular complexity index is 917. The summed E-state index contributed by atoms with van der Waals surface area (Å²) in [5.74, 6) is 0.623. The van der Waals surface area contributed by atoms with Crippen molar-refractivity contribution in [2.24, 2.45) is 0 Å². The first-order chi connectivity index (χ1) is 14.2. The molecule has 1 unspecified atom stereocenters. The number of anilines is 1. The van der Waals surface area contributed by atoms with Crippen molar-refractivity contribution in [3.63, 3.8) is 0 Å². The lowest BCUT2D eigenvalue weighted by atomic mass is 10.0. The number of benzene rings is 3. The van der Waals surface area contributed by atoms with Gasteiger partial charge in [0.05, 0.1) is 18.7 Å². The Morgan fingerprint density at radius 1 is 0.966 bits per heavy atom. The Hall–Kier alpha value is -3.27. The lowest BCUT2D eigenvalue weighted by molar-refractivity contribution is -0.143. The van der Waals surface area contributed by atoms with Crippen LogP contribution in [0, 0.1) is 0 Å². The molecule has 0 bridgehead atoms. The lowest BCUT2D eigenvalue weighted by Gasteiger charge is -2.22. The molecule has 4 nitrogen and oxygen atoms in total. The number of hydrogen-bond acceptors (Lipinski definition) is 4. The lowest BCUT2D eigenvalue weighted by Crippen LogP contribution is -2.21. The minimum atomic E-state index is -0.213. The van der Waals surface area contributed by atoms with Crippen LogP contribution in [0.4, 0.5) is 5.69 Å². The Labute approximate surface area is 171 Å². The van der Waals surface area contributed by atoms with Crippen LogP contribution in [0.5, 0.6) is 5.75 Å². The van der Waals surface area contributed by atoms with Crippen molar-refractivity contribution in [2.75, 3.05) is 11.9 Å². The Kier molecular flexibility index (Phi) is 5.80. The maximum Gasteiger partial charge on any atom is 0.307 e. The summed E-state index contributed by atoms with van der Waals surface area (Å²) in [7, 11) is 0. The number of ether oxygens (including phenoxy) is 2. The van der Waals surface area contributed by atoms with Gasteiger partial charge < -0.3 is 14.8 Å². The van der Waals surface area contributed by atoms with E-state index in [2.05, 4.69) is 35.6 Å². The molecule has 0 spiro atoms. The van der Waals surface area contributed by atoms with Crippen molar-refractivity contribution in [2.45, 2.75) is 31.9 Å². The average Bonchev–Trinajstić information content (AvgIpc) is 3.16. The number of para-hydroxylation sites is 1. The summed E-state index contributed by atoms with van der Waals surface area (Å²) < 4.78 is 11.7. The number of rotatable bonds is 7. The van der Waals surface area contributed by atoms with E-state index in [1.54, 1.807) is 0 Å². The second-order valence-corrected chi connectivity index (χ2v) is 7.16. The van der Waals surface area contributed by atoms with Crippen molar-refractivity contribution in [3.05, 3.63) is 95.6 Å². The largest absolute Gasteiger partial charge is 0.479 e. The van der Waals surface area contributed by atoms with Crippen LogP contribution in [0.15, 0.2) is 78.9 Å². The topological polar surface area (TPSA) is 47.6 Å². The number of nitrogens with one attached hydrogen (secondary N) is 1. The number of carbonyl (C=O) groups is 1. The van der Waals surface area contributed by atoms with Crippen LogP contribution < -0.4 is 10.1 Å². The summed E-state index contributed by atoms with van der Waals surface area (Å²) in [4.78, 5) is 11.9. The van der Waals surface area contributed by atoms with E-state index in [1.807, 2.05) is 55.5 Å². The fourth-order valence-corrected chi connectivity index (χ4v) is 3.78. The summed E-state index contributed by atoms with van der Waals surface area (Å²) in [6.45, 7) is 2.23. The van der Waals surface area contributed by atoms with E-state index in [9.17, 15) is 4.79 Å².